The van der Waals surface area contributed by atoms with Crippen LogP contribution in [0.3, 0.4) is 0 Å². The lowest BCUT2D eigenvalue weighted by Crippen LogP contribution is -2.46. The van der Waals surface area contributed by atoms with Crippen LogP contribution in [0.25, 0.3) is 27.5 Å². The third-order valence-electron chi connectivity index (χ3n) is 7.92. The summed E-state index contributed by atoms with van der Waals surface area (Å²) in [5, 5.41) is 2.18. The number of benzene rings is 3. The Morgan fingerprint density at radius 1 is 0.886 bits per heavy atom. The Labute approximate surface area is 205 Å². The van der Waals surface area contributed by atoms with E-state index in [0.29, 0.717) is 6.42 Å². The Balaban J connectivity index is 1.76. The highest BCUT2D eigenvalue weighted by Crippen LogP contribution is 2.55. The van der Waals surface area contributed by atoms with Crippen LogP contribution >= 0.6 is 0 Å². The molecule has 0 amide bonds. The molecule has 0 aliphatic heterocycles. The second kappa shape index (κ2) is 8.37. The van der Waals surface area contributed by atoms with Crippen LogP contribution in [0.5, 0.6) is 0 Å². The molecule has 3 aliphatic carbocycles. The van der Waals surface area contributed by atoms with Crippen molar-refractivity contribution in [3.8, 4) is 11.1 Å². The summed E-state index contributed by atoms with van der Waals surface area (Å²) in [5.74, 6) is -1.00. The molecule has 3 aliphatic rings. The SMILES string of the molecule is CCOC(=O)C1(C(=O)OCC)Cc2cccc3c(C4=CCCCC4)c4c(c1c23)Cc1ccccc1-4. The van der Waals surface area contributed by atoms with Gasteiger partial charge in [-0.2, -0.15) is 0 Å². The molecule has 0 aromatic heterocycles. The maximum atomic E-state index is 13.7. The van der Waals surface area contributed by atoms with Crippen LogP contribution in [-0.2, 0) is 37.3 Å². The van der Waals surface area contributed by atoms with E-state index in [-0.39, 0.29) is 19.6 Å². The van der Waals surface area contributed by atoms with E-state index in [4.69, 9.17) is 9.47 Å². The molecule has 0 spiro atoms. The van der Waals surface area contributed by atoms with Gasteiger partial charge in [-0.05, 0) is 101 Å². The molecular formula is C31H30O4. The van der Waals surface area contributed by atoms with Crippen LogP contribution in [0, 0.1) is 0 Å². The number of esters is 2. The van der Waals surface area contributed by atoms with E-state index in [1.54, 1.807) is 13.8 Å². The first-order valence-electron chi connectivity index (χ1n) is 12.8. The standard InChI is InChI=1S/C31H30O4/c1-3-34-29(32)31(30(33)35-4-2)18-21-14-10-16-23-25(19-11-6-5-7-12-19)27-22-15-9-8-13-20(22)17-24(27)28(31)26(21)23/h8-11,13-16H,3-7,12,17-18H2,1-2H3. The largest absolute Gasteiger partial charge is 0.465 e. The molecule has 0 atom stereocenters. The highest BCUT2D eigenvalue weighted by atomic mass is 16.6. The van der Waals surface area contributed by atoms with Crippen LogP contribution in [-0.4, -0.2) is 25.2 Å². The molecular weight excluding hydrogens is 436 g/mol. The Hall–Kier alpha value is -3.40. The summed E-state index contributed by atoms with van der Waals surface area (Å²) in [4.78, 5) is 27.4. The molecule has 3 aromatic carbocycles. The van der Waals surface area contributed by atoms with Gasteiger partial charge in [0.05, 0.1) is 13.2 Å². The predicted octanol–water partition coefficient (Wildman–Crippen LogP) is 6.29. The third-order valence-corrected chi connectivity index (χ3v) is 7.92. The average Bonchev–Trinajstić information content (AvgIpc) is 3.43. The van der Waals surface area contributed by atoms with Crippen molar-refractivity contribution in [2.24, 2.45) is 0 Å². The van der Waals surface area contributed by atoms with Crippen molar-refractivity contribution in [1.29, 1.82) is 0 Å². The highest BCUT2D eigenvalue weighted by molar-refractivity contribution is 6.17. The first-order chi connectivity index (χ1) is 17.1. The van der Waals surface area contributed by atoms with Gasteiger partial charge < -0.3 is 9.47 Å². The first kappa shape index (κ1) is 22.1. The topological polar surface area (TPSA) is 52.6 Å². The van der Waals surface area contributed by atoms with Crippen molar-refractivity contribution in [2.75, 3.05) is 13.2 Å². The molecule has 6 rings (SSSR count). The molecule has 4 nitrogen and oxygen atoms in total. The van der Waals surface area contributed by atoms with Crippen molar-refractivity contribution >= 4 is 28.3 Å². The molecule has 0 saturated carbocycles. The van der Waals surface area contributed by atoms with E-state index < -0.39 is 17.4 Å². The Morgan fingerprint density at radius 3 is 2.34 bits per heavy atom. The van der Waals surface area contributed by atoms with Gasteiger partial charge in [-0.15, -0.1) is 0 Å². The van der Waals surface area contributed by atoms with Crippen LogP contribution in [0.1, 0.15) is 67.3 Å². The third kappa shape index (κ3) is 3.05. The van der Waals surface area contributed by atoms with Crippen molar-refractivity contribution < 1.29 is 19.1 Å². The van der Waals surface area contributed by atoms with Crippen molar-refractivity contribution in [3.05, 3.63) is 76.4 Å². The lowest BCUT2D eigenvalue weighted by molar-refractivity contribution is -0.164. The molecule has 0 radical (unpaired) electrons. The van der Waals surface area contributed by atoms with E-state index in [9.17, 15) is 9.59 Å². The normalized spacial score (nSPS) is 17.0. The summed E-state index contributed by atoms with van der Waals surface area (Å²) in [6, 6.07) is 14.8. The average molecular weight is 467 g/mol. The second-order valence-corrected chi connectivity index (χ2v) is 9.78. The first-order valence-corrected chi connectivity index (χ1v) is 12.8. The number of hydrogen-bond donors (Lipinski definition) is 0. The molecule has 0 heterocycles. The summed E-state index contributed by atoms with van der Waals surface area (Å²) >= 11 is 0. The van der Waals surface area contributed by atoms with Gasteiger partial charge in [0, 0.05) is 6.42 Å². The smallest absolute Gasteiger partial charge is 0.328 e. The van der Waals surface area contributed by atoms with Gasteiger partial charge in [0.2, 0.25) is 0 Å². The molecule has 178 valence electrons. The van der Waals surface area contributed by atoms with E-state index in [2.05, 4.69) is 48.5 Å². The van der Waals surface area contributed by atoms with Gasteiger partial charge in [0.1, 0.15) is 0 Å². The number of hydrogen-bond acceptors (Lipinski definition) is 4. The lowest BCUT2D eigenvalue weighted by Gasteiger charge is -2.29. The van der Waals surface area contributed by atoms with Gasteiger partial charge in [0.15, 0.2) is 5.41 Å². The quantitative estimate of drug-likeness (QED) is 0.256. The minimum Gasteiger partial charge on any atom is -0.465 e. The second-order valence-electron chi connectivity index (χ2n) is 9.78. The monoisotopic (exact) mass is 466 g/mol. The fourth-order valence-corrected chi connectivity index (χ4v) is 6.58. The van der Waals surface area contributed by atoms with Crippen LogP contribution in [0.15, 0.2) is 48.5 Å². The maximum Gasteiger partial charge on any atom is 0.328 e. The number of rotatable bonds is 5. The van der Waals surface area contributed by atoms with Gasteiger partial charge >= 0.3 is 11.9 Å². The minimum atomic E-state index is -1.47. The molecule has 0 N–H and O–H groups in total. The van der Waals surface area contributed by atoms with Gasteiger partial charge in [0.25, 0.3) is 0 Å². The Kier molecular flexibility index (Phi) is 5.28. The highest BCUT2D eigenvalue weighted by Gasteiger charge is 2.57. The van der Waals surface area contributed by atoms with Crippen LogP contribution in [0.2, 0.25) is 0 Å². The fraction of sp³-hybridized carbons (Fsp3) is 0.355. The molecule has 0 unspecified atom stereocenters. The van der Waals surface area contributed by atoms with Crippen LogP contribution in [0.4, 0.5) is 0 Å². The summed E-state index contributed by atoms with van der Waals surface area (Å²) in [6.45, 7) is 4.00. The summed E-state index contributed by atoms with van der Waals surface area (Å²) in [6.07, 6.45) is 7.92. The van der Waals surface area contributed by atoms with Gasteiger partial charge in [-0.3, -0.25) is 9.59 Å². The molecule has 0 saturated heterocycles. The molecule has 0 fully saturated rings. The van der Waals surface area contributed by atoms with E-state index >= 15 is 0 Å². The van der Waals surface area contributed by atoms with Gasteiger partial charge in [-0.1, -0.05) is 48.5 Å². The number of carbonyl (C=O) groups excluding carboxylic acids is 2. The fourth-order valence-electron chi connectivity index (χ4n) is 6.58. The molecule has 0 bridgehead atoms. The zero-order valence-electron chi connectivity index (χ0n) is 20.4. The Bertz CT molecular complexity index is 1390. The number of carbonyl (C=O) groups is 2. The minimum absolute atomic E-state index is 0.215. The number of allylic oxidation sites excluding steroid dienone is 2. The van der Waals surface area contributed by atoms with Crippen molar-refractivity contribution in [1.82, 2.24) is 0 Å². The zero-order valence-corrected chi connectivity index (χ0v) is 20.4. The molecule has 4 heteroatoms. The zero-order chi connectivity index (χ0) is 24.2. The van der Waals surface area contributed by atoms with E-state index in [0.717, 1.165) is 40.3 Å². The molecule has 35 heavy (non-hydrogen) atoms. The predicted molar refractivity (Wildman–Crippen MR) is 137 cm³/mol. The van der Waals surface area contributed by atoms with Crippen LogP contribution < -0.4 is 0 Å². The molecule has 3 aromatic rings. The maximum absolute atomic E-state index is 13.7. The van der Waals surface area contributed by atoms with Gasteiger partial charge in [-0.25, -0.2) is 0 Å². The summed E-state index contributed by atoms with van der Waals surface area (Å²) in [5.41, 5.74) is 7.76. The number of fused-ring (bicyclic) bond motifs is 4. The van der Waals surface area contributed by atoms with E-state index in [1.165, 1.54) is 40.7 Å². The number of ether oxygens (including phenoxy) is 2. The van der Waals surface area contributed by atoms with E-state index in [1.807, 2.05) is 0 Å². The summed E-state index contributed by atoms with van der Waals surface area (Å²) < 4.78 is 11.2. The lowest BCUT2D eigenvalue weighted by atomic mass is 9.75. The Morgan fingerprint density at radius 2 is 1.63 bits per heavy atom. The van der Waals surface area contributed by atoms with Crippen molar-refractivity contribution in [2.45, 2.75) is 57.8 Å². The van der Waals surface area contributed by atoms with Crippen molar-refractivity contribution in [3.63, 3.8) is 0 Å². The summed E-state index contributed by atoms with van der Waals surface area (Å²) in [7, 11) is 0.